The third-order valence-corrected chi connectivity index (χ3v) is 2.58. The van der Waals surface area contributed by atoms with Gasteiger partial charge in [0.25, 0.3) is 6.47 Å². The molecular formula is C12H14O5. The monoisotopic (exact) mass is 238 g/mol. The normalized spacial score (nSPS) is 17.7. The summed E-state index contributed by atoms with van der Waals surface area (Å²) in [7, 11) is 1.33. The van der Waals surface area contributed by atoms with Gasteiger partial charge in [-0.2, -0.15) is 0 Å². The Morgan fingerprint density at radius 3 is 2.59 bits per heavy atom. The summed E-state index contributed by atoms with van der Waals surface area (Å²) in [4.78, 5) is 33.7. The maximum absolute atomic E-state index is 11.9. The van der Waals surface area contributed by atoms with Crippen LogP contribution in [0.3, 0.4) is 0 Å². The minimum absolute atomic E-state index is 0.0221. The molecule has 0 N–H and O–H groups in total. The number of hydrogen-bond acceptors (Lipinski definition) is 5. The molecule has 0 fully saturated rings. The number of ether oxygens (including phenoxy) is 2. The third kappa shape index (κ3) is 2.81. The van der Waals surface area contributed by atoms with Crippen molar-refractivity contribution in [1.29, 1.82) is 0 Å². The zero-order valence-corrected chi connectivity index (χ0v) is 9.98. The Balaban J connectivity index is 2.95. The van der Waals surface area contributed by atoms with E-state index in [0.717, 1.165) is 0 Å². The van der Waals surface area contributed by atoms with Crippen molar-refractivity contribution in [2.75, 3.05) is 7.11 Å². The molecule has 0 aliphatic heterocycles. The van der Waals surface area contributed by atoms with Crippen LogP contribution < -0.4 is 0 Å². The van der Waals surface area contributed by atoms with Crippen molar-refractivity contribution in [1.82, 2.24) is 0 Å². The molecule has 0 unspecified atom stereocenters. The van der Waals surface area contributed by atoms with E-state index in [-0.39, 0.29) is 23.7 Å². The van der Waals surface area contributed by atoms with E-state index in [9.17, 15) is 14.4 Å². The van der Waals surface area contributed by atoms with Crippen molar-refractivity contribution in [3.8, 4) is 0 Å². The smallest absolute Gasteiger partial charge is 0.293 e. The zero-order valence-electron chi connectivity index (χ0n) is 9.98. The third-order valence-electron chi connectivity index (χ3n) is 2.58. The lowest BCUT2D eigenvalue weighted by molar-refractivity contribution is -0.133. The summed E-state index contributed by atoms with van der Waals surface area (Å²) in [6.07, 6.45) is 0.924. The van der Waals surface area contributed by atoms with Crippen molar-refractivity contribution in [3.63, 3.8) is 0 Å². The summed E-state index contributed by atoms with van der Waals surface area (Å²) in [5, 5.41) is 0. The summed E-state index contributed by atoms with van der Waals surface area (Å²) in [5.41, 5.74) is 0.709. The van der Waals surface area contributed by atoms with E-state index in [1.165, 1.54) is 13.2 Å². The molecule has 1 rings (SSSR count). The molecule has 1 atom stereocenters. The van der Waals surface area contributed by atoms with Gasteiger partial charge in [0.05, 0.1) is 7.11 Å². The number of Topliss-reactive ketones (excluding diaryl/α,β-unsaturated/α-hetero) is 1. The average Bonchev–Trinajstić information content (AvgIpc) is 2.29. The maximum atomic E-state index is 11.9. The first-order chi connectivity index (χ1) is 8.01. The van der Waals surface area contributed by atoms with Gasteiger partial charge in [-0.1, -0.05) is 0 Å². The topological polar surface area (TPSA) is 69.7 Å². The maximum Gasteiger partial charge on any atom is 0.293 e. The van der Waals surface area contributed by atoms with Gasteiger partial charge in [-0.15, -0.1) is 0 Å². The van der Waals surface area contributed by atoms with Crippen molar-refractivity contribution in [3.05, 3.63) is 23.0 Å². The fourth-order valence-electron chi connectivity index (χ4n) is 1.59. The van der Waals surface area contributed by atoms with Gasteiger partial charge in [0.15, 0.2) is 11.5 Å². The van der Waals surface area contributed by atoms with Crippen LogP contribution in [0.5, 0.6) is 0 Å². The largest absolute Gasteiger partial charge is 0.493 e. The van der Waals surface area contributed by atoms with Crippen LogP contribution in [0, 0.1) is 0 Å². The molecule has 0 aromatic heterocycles. The standard InChI is InChI=1S/C12H14O5/c1-7(17-6-13)4-9-8(2)10(14)5-11(16-3)12(9)15/h5-7H,4H2,1-3H3/t7-/m1/s1. The van der Waals surface area contributed by atoms with E-state index < -0.39 is 6.10 Å². The first-order valence-electron chi connectivity index (χ1n) is 5.14. The molecule has 92 valence electrons. The fourth-order valence-corrected chi connectivity index (χ4v) is 1.59. The summed E-state index contributed by atoms with van der Waals surface area (Å²) >= 11 is 0. The van der Waals surface area contributed by atoms with Crippen LogP contribution in [0.25, 0.3) is 0 Å². The minimum Gasteiger partial charge on any atom is -0.493 e. The number of carbonyl (C=O) groups excluding carboxylic acids is 3. The van der Waals surface area contributed by atoms with Gasteiger partial charge in [-0.25, -0.2) is 0 Å². The van der Waals surface area contributed by atoms with Crippen LogP contribution in [0.2, 0.25) is 0 Å². The van der Waals surface area contributed by atoms with Crippen LogP contribution in [0.15, 0.2) is 23.0 Å². The van der Waals surface area contributed by atoms with E-state index in [1.807, 2.05) is 0 Å². The molecule has 1 aliphatic carbocycles. The van der Waals surface area contributed by atoms with Gasteiger partial charge < -0.3 is 9.47 Å². The fraction of sp³-hybridized carbons (Fsp3) is 0.417. The predicted octanol–water partition coefficient (Wildman–Crippen LogP) is 0.937. The van der Waals surface area contributed by atoms with Crippen molar-refractivity contribution < 1.29 is 23.9 Å². The molecular weight excluding hydrogens is 224 g/mol. The Hall–Kier alpha value is -1.91. The lowest BCUT2D eigenvalue weighted by atomic mass is 9.91. The van der Waals surface area contributed by atoms with Crippen molar-refractivity contribution in [2.45, 2.75) is 26.4 Å². The Labute approximate surface area is 99.1 Å². The zero-order chi connectivity index (χ0) is 13.0. The Bertz CT molecular complexity index is 417. The first kappa shape index (κ1) is 13.2. The number of ketones is 2. The lowest BCUT2D eigenvalue weighted by Crippen LogP contribution is -2.22. The summed E-state index contributed by atoms with van der Waals surface area (Å²) in [6.45, 7) is 3.55. The SMILES string of the molecule is COC1=CC(=O)C(C)=C(C[C@@H](C)OC=O)C1=O. The van der Waals surface area contributed by atoms with E-state index in [4.69, 9.17) is 9.47 Å². The Kier molecular flexibility index (Phi) is 4.20. The first-order valence-corrected chi connectivity index (χ1v) is 5.14. The highest BCUT2D eigenvalue weighted by Crippen LogP contribution is 2.23. The number of hydrogen-bond donors (Lipinski definition) is 0. The molecule has 0 saturated carbocycles. The molecule has 0 heterocycles. The van der Waals surface area contributed by atoms with E-state index in [1.54, 1.807) is 13.8 Å². The van der Waals surface area contributed by atoms with Crippen LogP contribution in [-0.4, -0.2) is 31.3 Å². The molecule has 0 aromatic carbocycles. The van der Waals surface area contributed by atoms with Crippen LogP contribution in [-0.2, 0) is 23.9 Å². The van der Waals surface area contributed by atoms with Gasteiger partial charge in [-0.05, 0) is 13.8 Å². The highest BCUT2D eigenvalue weighted by Gasteiger charge is 2.28. The predicted molar refractivity (Wildman–Crippen MR) is 59.0 cm³/mol. The van der Waals surface area contributed by atoms with Crippen LogP contribution in [0.1, 0.15) is 20.3 Å². The van der Waals surface area contributed by atoms with Gasteiger partial charge >= 0.3 is 0 Å². The van der Waals surface area contributed by atoms with Gasteiger partial charge in [0, 0.05) is 23.6 Å². The number of carbonyl (C=O) groups is 3. The van der Waals surface area contributed by atoms with Gasteiger partial charge in [-0.3, -0.25) is 14.4 Å². The highest BCUT2D eigenvalue weighted by molar-refractivity contribution is 6.21. The summed E-state index contributed by atoms with van der Waals surface area (Å²) in [5.74, 6) is -0.561. The molecule has 0 saturated heterocycles. The van der Waals surface area contributed by atoms with E-state index in [2.05, 4.69) is 0 Å². The molecule has 5 heteroatoms. The van der Waals surface area contributed by atoms with Crippen LogP contribution in [0.4, 0.5) is 0 Å². The molecule has 0 radical (unpaired) electrons. The quantitative estimate of drug-likeness (QED) is 0.526. The molecule has 0 aromatic rings. The number of rotatable bonds is 5. The average molecular weight is 238 g/mol. The second-order valence-electron chi connectivity index (χ2n) is 3.76. The summed E-state index contributed by atoms with van der Waals surface area (Å²) < 4.78 is 9.55. The molecule has 17 heavy (non-hydrogen) atoms. The Morgan fingerprint density at radius 2 is 2.06 bits per heavy atom. The second-order valence-corrected chi connectivity index (χ2v) is 3.76. The number of methoxy groups -OCH3 is 1. The molecule has 0 bridgehead atoms. The lowest BCUT2D eigenvalue weighted by Gasteiger charge is -2.18. The molecule has 0 spiro atoms. The van der Waals surface area contributed by atoms with Crippen LogP contribution >= 0.6 is 0 Å². The van der Waals surface area contributed by atoms with E-state index in [0.29, 0.717) is 17.6 Å². The summed E-state index contributed by atoms with van der Waals surface area (Å²) in [6, 6.07) is 0. The van der Waals surface area contributed by atoms with Crippen molar-refractivity contribution in [2.24, 2.45) is 0 Å². The number of allylic oxidation sites excluding steroid dienone is 3. The molecule has 5 nitrogen and oxygen atoms in total. The molecule has 0 amide bonds. The van der Waals surface area contributed by atoms with Gasteiger partial charge in [0.1, 0.15) is 6.10 Å². The highest BCUT2D eigenvalue weighted by atomic mass is 16.5. The van der Waals surface area contributed by atoms with E-state index >= 15 is 0 Å². The second kappa shape index (κ2) is 5.43. The molecule has 1 aliphatic rings. The Morgan fingerprint density at radius 1 is 1.41 bits per heavy atom. The van der Waals surface area contributed by atoms with Gasteiger partial charge in [0.2, 0.25) is 5.78 Å². The minimum atomic E-state index is -0.453. The van der Waals surface area contributed by atoms with Crippen molar-refractivity contribution >= 4 is 18.0 Å².